The predicted molar refractivity (Wildman–Crippen MR) is 112 cm³/mol. The average molecular weight is 391 g/mol. The van der Waals surface area contributed by atoms with Gasteiger partial charge in [0.15, 0.2) is 0 Å². The van der Waals surface area contributed by atoms with Crippen molar-refractivity contribution in [3.8, 4) is 0 Å². The number of anilines is 2. The monoisotopic (exact) mass is 391 g/mol. The molecule has 0 saturated carbocycles. The van der Waals surface area contributed by atoms with Gasteiger partial charge in [-0.2, -0.15) is 0 Å². The van der Waals surface area contributed by atoms with Crippen LogP contribution in [0.25, 0.3) is 0 Å². The molecule has 3 amide bonds. The number of rotatable bonds is 4. The van der Waals surface area contributed by atoms with E-state index in [1.807, 2.05) is 48.5 Å². The first kappa shape index (κ1) is 19.2. The lowest BCUT2D eigenvalue weighted by Gasteiger charge is -2.32. The van der Waals surface area contributed by atoms with Crippen LogP contribution in [-0.2, 0) is 27.2 Å². The maximum absolute atomic E-state index is 12.8. The molecule has 0 aliphatic carbocycles. The van der Waals surface area contributed by atoms with Crippen molar-refractivity contribution in [2.24, 2.45) is 5.92 Å². The molecule has 0 radical (unpaired) electrons. The topological polar surface area (TPSA) is 69.7 Å². The third-order valence-corrected chi connectivity index (χ3v) is 5.77. The second-order valence-corrected chi connectivity index (χ2v) is 7.80. The standard InChI is InChI=1S/C23H25N3O3/c1-25-20-10-9-19(13-18(20)14-21(25)27)24-23(29)17-8-5-11-26(15-17)22(28)12-16-6-3-2-4-7-16/h2-4,6-7,9-10,13,17H,5,8,11-12,14-15H2,1H3,(H,24,29). The number of likely N-dealkylation sites (N-methyl/N-ethyl adjacent to an activating group) is 1. The molecule has 6 nitrogen and oxygen atoms in total. The molecule has 1 fully saturated rings. The van der Waals surface area contributed by atoms with Gasteiger partial charge < -0.3 is 15.1 Å². The maximum atomic E-state index is 12.8. The zero-order valence-corrected chi connectivity index (χ0v) is 16.6. The van der Waals surface area contributed by atoms with Crippen LogP contribution in [0.2, 0.25) is 0 Å². The number of carbonyl (C=O) groups is 3. The molecule has 150 valence electrons. The molecule has 4 rings (SSSR count). The van der Waals surface area contributed by atoms with Crippen molar-refractivity contribution >= 4 is 29.1 Å². The largest absolute Gasteiger partial charge is 0.342 e. The predicted octanol–water partition coefficient (Wildman–Crippen LogP) is 2.63. The van der Waals surface area contributed by atoms with Gasteiger partial charge in [0.25, 0.3) is 0 Å². The molecule has 0 spiro atoms. The van der Waals surface area contributed by atoms with Crippen LogP contribution in [0.15, 0.2) is 48.5 Å². The summed E-state index contributed by atoms with van der Waals surface area (Å²) < 4.78 is 0. The fourth-order valence-corrected chi connectivity index (χ4v) is 4.09. The minimum Gasteiger partial charge on any atom is -0.342 e. The molecule has 1 N–H and O–H groups in total. The SMILES string of the molecule is CN1C(=O)Cc2cc(NC(=O)C3CCCN(C(=O)Cc4ccccc4)C3)ccc21. The van der Waals surface area contributed by atoms with Crippen LogP contribution in [0.3, 0.4) is 0 Å². The number of amides is 3. The van der Waals surface area contributed by atoms with Crippen LogP contribution in [0.1, 0.15) is 24.0 Å². The summed E-state index contributed by atoms with van der Waals surface area (Å²) in [6.45, 7) is 1.15. The first-order valence-electron chi connectivity index (χ1n) is 10.0. The molecule has 2 aromatic carbocycles. The van der Waals surface area contributed by atoms with Crippen LogP contribution in [-0.4, -0.2) is 42.8 Å². The summed E-state index contributed by atoms with van der Waals surface area (Å²) in [6.07, 6.45) is 2.32. The molecule has 1 unspecified atom stereocenters. The average Bonchev–Trinajstić information content (AvgIpc) is 3.02. The second-order valence-electron chi connectivity index (χ2n) is 7.80. The van der Waals surface area contributed by atoms with E-state index in [1.165, 1.54) is 0 Å². The summed E-state index contributed by atoms with van der Waals surface area (Å²) in [5.41, 5.74) is 3.51. The third kappa shape index (κ3) is 4.16. The van der Waals surface area contributed by atoms with Gasteiger partial charge >= 0.3 is 0 Å². The highest BCUT2D eigenvalue weighted by Gasteiger charge is 2.29. The molecule has 0 aromatic heterocycles. The first-order chi connectivity index (χ1) is 14.0. The number of benzene rings is 2. The van der Waals surface area contributed by atoms with E-state index in [2.05, 4.69) is 5.32 Å². The van der Waals surface area contributed by atoms with E-state index in [0.717, 1.165) is 29.7 Å². The highest BCUT2D eigenvalue weighted by atomic mass is 16.2. The Morgan fingerprint density at radius 1 is 1.14 bits per heavy atom. The zero-order valence-electron chi connectivity index (χ0n) is 16.6. The van der Waals surface area contributed by atoms with Gasteiger partial charge in [-0.1, -0.05) is 30.3 Å². The number of nitrogens with zero attached hydrogens (tertiary/aromatic N) is 2. The molecule has 6 heteroatoms. The van der Waals surface area contributed by atoms with Crippen molar-refractivity contribution in [3.05, 3.63) is 59.7 Å². The molecule has 1 atom stereocenters. The summed E-state index contributed by atoms with van der Waals surface area (Å²) in [7, 11) is 1.76. The Morgan fingerprint density at radius 2 is 1.93 bits per heavy atom. The van der Waals surface area contributed by atoms with Crippen molar-refractivity contribution in [1.82, 2.24) is 4.90 Å². The summed E-state index contributed by atoms with van der Waals surface area (Å²) in [5, 5.41) is 2.97. The number of nitrogens with one attached hydrogen (secondary N) is 1. The Balaban J connectivity index is 1.37. The van der Waals surface area contributed by atoms with Crippen molar-refractivity contribution in [2.75, 3.05) is 30.4 Å². The molecule has 2 aromatic rings. The number of likely N-dealkylation sites (tertiary alicyclic amines) is 1. The van der Waals surface area contributed by atoms with Crippen molar-refractivity contribution in [2.45, 2.75) is 25.7 Å². The molecule has 0 bridgehead atoms. The smallest absolute Gasteiger partial charge is 0.231 e. The van der Waals surface area contributed by atoms with Gasteiger partial charge in [0.2, 0.25) is 17.7 Å². The number of hydrogen-bond acceptors (Lipinski definition) is 3. The Bertz CT molecular complexity index is 942. The van der Waals surface area contributed by atoms with Crippen molar-refractivity contribution < 1.29 is 14.4 Å². The van der Waals surface area contributed by atoms with Gasteiger partial charge in [-0.3, -0.25) is 14.4 Å². The highest BCUT2D eigenvalue weighted by molar-refractivity contribution is 6.02. The molecule has 1 saturated heterocycles. The first-order valence-corrected chi connectivity index (χ1v) is 10.0. The van der Waals surface area contributed by atoms with Gasteiger partial charge in [0, 0.05) is 31.5 Å². The van der Waals surface area contributed by atoms with E-state index >= 15 is 0 Å². The summed E-state index contributed by atoms with van der Waals surface area (Å²) >= 11 is 0. The lowest BCUT2D eigenvalue weighted by Crippen LogP contribution is -2.44. The Labute approximate surface area is 170 Å². The van der Waals surface area contributed by atoms with Gasteiger partial charge in [0.05, 0.1) is 18.8 Å². The number of fused-ring (bicyclic) bond motifs is 1. The van der Waals surface area contributed by atoms with Crippen LogP contribution >= 0.6 is 0 Å². The maximum Gasteiger partial charge on any atom is 0.231 e. The molecule has 29 heavy (non-hydrogen) atoms. The van der Waals surface area contributed by atoms with Gasteiger partial charge in [-0.15, -0.1) is 0 Å². The minimum absolute atomic E-state index is 0.0586. The number of carbonyl (C=O) groups excluding carboxylic acids is 3. The second kappa shape index (κ2) is 8.07. The van der Waals surface area contributed by atoms with Crippen molar-refractivity contribution in [3.63, 3.8) is 0 Å². The number of hydrogen-bond donors (Lipinski definition) is 1. The Hall–Kier alpha value is -3.15. The fourth-order valence-electron chi connectivity index (χ4n) is 4.09. The van der Waals surface area contributed by atoms with Crippen LogP contribution in [0.5, 0.6) is 0 Å². The van der Waals surface area contributed by atoms with Gasteiger partial charge in [0.1, 0.15) is 0 Å². The van der Waals surface area contributed by atoms with E-state index in [-0.39, 0.29) is 23.6 Å². The molecular weight excluding hydrogens is 366 g/mol. The Morgan fingerprint density at radius 3 is 2.72 bits per heavy atom. The summed E-state index contributed by atoms with van der Waals surface area (Å²) in [4.78, 5) is 40.7. The van der Waals surface area contributed by atoms with Gasteiger partial charge in [-0.25, -0.2) is 0 Å². The number of piperidine rings is 1. The van der Waals surface area contributed by atoms with E-state index < -0.39 is 0 Å². The van der Waals surface area contributed by atoms with E-state index in [1.54, 1.807) is 16.8 Å². The van der Waals surface area contributed by atoms with Crippen molar-refractivity contribution in [1.29, 1.82) is 0 Å². The van der Waals surface area contributed by atoms with E-state index in [4.69, 9.17) is 0 Å². The fraction of sp³-hybridized carbons (Fsp3) is 0.348. The normalized spacial score (nSPS) is 18.5. The van der Waals surface area contributed by atoms with E-state index in [9.17, 15) is 14.4 Å². The Kier molecular flexibility index (Phi) is 5.34. The molecule has 2 aliphatic heterocycles. The third-order valence-electron chi connectivity index (χ3n) is 5.77. The minimum atomic E-state index is -0.221. The quantitative estimate of drug-likeness (QED) is 0.871. The lowest BCUT2D eigenvalue weighted by atomic mass is 9.96. The highest BCUT2D eigenvalue weighted by Crippen LogP contribution is 2.30. The van der Waals surface area contributed by atoms with Crippen LogP contribution in [0, 0.1) is 5.92 Å². The zero-order chi connectivity index (χ0) is 20.4. The molecular formula is C23H25N3O3. The molecule has 2 aliphatic rings. The lowest BCUT2D eigenvalue weighted by molar-refractivity contribution is -0.134. The van der Waals surface area contributed by atoms with E-state index in [0.29, 0.717) is 31.6 Å². The summed E-state index contributed by atoms with van der Waals surface area (Å²) in [6, 6.07) is 15.2. The molecule has 2 heterocycles. The van der Waals surface area contributed by atoms with Crippen LogP contribution < -0.4 is 10.2 Å². The summed E-state index contributed by atoms with van der Waals surface area (Å²) in [5.74, 6) is -0.169. The van der Waals surface area contributed by atoms with Crippen LogP contribution in [0.4, 0.5) is 11.4 Å². The van der Waals surface area contributed by atoms with Gasteiger partial charge in [-0.05, 0) is 42.2 Å².